The van der Waals surface area contributed by atoms with Gasteiger partial charge in [-0.1, -0.05) is 55.5 Å². The van der Waals surface area contributed by atoms with E-state index in [1.165, 1.54) is 38.5 Å². The second kappa shape index (κ2) is 7.59. The van der Waals surface area contributed by atoms with Crippen molar-refractivity contribution in [3.63, 3.8) is 0 Å². The predicted octanol–water partition coefficient (Wildman–Crippen LogP) is 4.13. The van der Waals surface area contributed by atoms with Gasteiger partial charge in [0.15, 0.2) is 0 Å². The second-order valence-electron chi connectivity index (χ2n) is 2.88. The van der Waals surface area contributed by atoms with E-state index in [4.69, 9.17) is 0 Å². The molecule has 0 fully saturated rings. The van der Waals surface area contributed by atoms with Crippen LogP contribution in [-0.2, 0) is 0 Å². The van der Waals surface area contributed by atoms with Crippen LogP contribution < -0.4 is 0 Å². The summed E-state index contributed by atoms with van der Waals surface area (Å²) in [7, 11) is 0. The van der Waals surface area contributed by atoms with Crippen LogP contribution in [0.1, 0.15) is 52.4 Å². The first-order valence-electron chi connectivity index (χ1n) is 4.45. The SMILES string of the molecule is CCCCCC(Br)CCC. The summed E-state index contributed by atoms with van der Waals surface area (Å²) in [5.74, 6) is 0. The van der Waals surface area contributed by atoms with E-state index in [2.05, 4.69) is 29.8 Å². The zero-order chi connectivity index (χ0) is 7.82. The lowest BCUT2D eigenvalue weighted by molar-refractivity contribution is 0.620. The molecule has 0 heterocycles. The van der Waals surface area contributed by atoms with Crippen molar-refractivity contribution >= 4 is 15.9 Å². The third-order valence-electron chi connectivity index (χ3n) is 1.72. The maximum Gasteiger partial charge on any atom is 0.0145 e. The lowest BCUT2D eigenvalue weighted by Crippen LogP contribution is -1.95. The molecule has 1 unspecified atom stereocenters. The fourth-order valence-corrected chi connectivity index (χ4v) is 1.85. The molecule has 10 heavy (non-hydrogen) atoms. The van der Waals surface area contributed by atoms with Gasteiger partial charge in [0.05, 0.1) is 0 Å². The molecule has 0 bridgehead atoms. The van der Waals surface area contributed by atoms with Gasteiger partial charge in [-0.2, -0.15) is 0 Å². The molecule has 0 nitrogen and oxygen atoms in total. The third-order valence-corrected chi connectivity index (χ3v) is 2.64. The molecule has 0 aliphatic carbocycles. The van der Waals surface area contributed by atoms with E-state index in [0.717, 1.165) is 4.83 Å². The minimum Gasteiger partial charge on any atom is -0.0891 e. The Morgan fingerprint density at radius 1 is 1.00 bits per heavy atom. The fraction of sp³-hybridized carbons (Fsp3) is 1.00. The van der Waals surface area contributed by atoms with E-state index in [1.807, 2.05) is 0 Å². The van der Waals surface area contributed by atoms with Gasteiger partial charge in [0, 0.05) is 4.83 Å². The predicted molar refractivity (Wildman–Crippen MR) is 51.8 cm³/mol. The number of hydrogen-bond donors (Lipinski definition) is 0. The summed E-state index contributed by atoms with van der Waals surface area (Å²) in [6.07, 6.45) is 8.14. The zero-order valence-electron chi connectivity index (χ0n) is 7.20. The van der Waals surface area contributed by atoms with Gasteiger partial charge in [-0.3, -0.25) is 0 Å². The van der Waals surface area contributed by atoms with Crippen molar-refractivity contribution in [1.82, 2.24) is 0 Å². The van der Waals surface area contributed by atoms with E-state index in [0.29, 0.717) is 0 Å². The molecule has 62 valence electrons. The summed E-state index contributed by atoms with van der Waals surface area (Å²) < 4.78 is 0. The molecule has 0 saturated heterocycles. The first-order chi connectivity index (χ1) is 4.81. The van der Waals surface area contributed by atoms with Crippen LogP contribution in [0.4, 0.5) is 0 Å². The summed E-state index contributed by atoms with van der Waals surface area (Å²) in [6, 6.07) is 0. The van der Waals surface area contributed by atoms with Crippen molar-refractivity contribution in [2.24, 2.45) is 0 Å². The molecule has 0 N–H and O–H groups in total. The van der Waals surface area contributed by atoms with Crippen LogP contribution in [-0.4, -0.2) is 4.83 Å². The molecule has 0 aromatic heterocycles. The van der Waals surface area contributed by atoms with Gasteiger partial charge in [-0.15, -0.1) is 0 Å². The Hall–Kier alpha value is 0.480. The van der Waals surface area contributed by atoms with E-state index in [9.17, 15) is 0 Å². The highest BCUT2D eigenvalue weighted by molar-refractivity contribution is 9.09. The average molecular weight is 207 g/mol. The number of alkyl halides is 1. The number of unbranched alkanes of at least 4 members (excludes halogenated alkanes) is 2. The Morgan fingerprint density at radius 2 is 1.70 bits per heavy atom. The van der Waals surface area contributed by atoms with Gasteiger partial charge in [-0.05, 0) is 12.8 Å². The average Bonchev–Trinajstić information content (AvgIpc) is 1.89. The van der Waals surface area contributed by atoms with Crippen molar-refractivity contribution in [3.05, 3.63) is 0 Å². The third kappa shape index (κ3) is 6.60. The molecule has 0 aromatic carbocycles. The molecule has 0 spiro atoms. The molecule has 0 amide bonds. The van der Waals surface area contributed by atoms with Gasteiger partial charge in [0.1, 0.15) is 0 Å². The number of rotatable bonds is 6. The van der Waals surface area contributed by atoms with Crippen molar-refractivity contribution in [1.29, 1.82) is 0 Å². The van der Waals surface area contributed by atoms with E-state index in [1.54, 1.807) is 0 Å². The quantitative estimate of drug-likeness (QED) is 0.453. The van der Waals surface area contributed by atoms with Crippen molar-refractivity contribution in [2.75, 3.05) is 0 Å². The molecule has 0 rings (SSSR count). The monoisotopic (exact) mass is 206 g/mol. The smallest absolute Gasteiger partial charge is 0.0145 e. The Labute approximate surface area is 73.5 Å². The van der Waals surface area contributed by atoms with Crippen LogP contribution in [0.15, 0.2) is 0 Å². The van der Waals surface area contributed by atoms with Gasteiger partial charge < -0.3 is 0 Å². The Morgan fingerprint density at radius 3 is 2.20 bits per heavy atom. The lowest BCUT2D eigenvalue weighted by Gasteiger charge is -2.06. The first kappa shape index (κ1) is 10.5. The van der Waals surface area contributed by atoms with Crippen LogP contribution in [0.3, 0.4) is 0 Å². The normalized spacial score (nSPS) is 13.5. The minimum absolute atomic E-state index is 0.782. The first-order valence-corrected chi connectivity index (χ1v) is 5.36. The van der Waals surface area contributed by atoms with Crippen LogP contribution in [0.2, 0.25) is 0 Å². The largest absolute Gasteiger partial charge is 0.0891 e. The van der Waals surface area contributed by atoms with Crippen molar-refractivity contribution in [3.8, 4) is 0 Å². The van der Waals surface area contributed by atoms with E-state index in [-0.39, 0.29) is 0 Å². The topological polar surface area (TPSA) is 0 Å². The van der Waals surface area contributed by atoms with Crippen molar-refractivity contribution < 1.29 is 0 Å². The molecule has 0 aliphatic rings. The van der Waals surface area contributed by atoms with Gasteiger partial charge in [-0.25, -0.2) is 0 Å². The highest BCUT2D eigenvalue weighted by Gasteiger charge is 2.00. The molecular weight excluding hydrogens is 188 g/mol. The molecule has 0 saturated carbocycles. The molecule has 1 heteroatoms. The van der Waals surface area contributed by atoms with Gasteiger partial charge >= 0.3 is 0 Å². The minimum atomic E-state index is 0.782. The molecular formula is C9H19Br. The van der Waals surface area contributed by atoms with Crippen molar-refractivity contribution in [2.45, 2.75) is 57.2 Å². The van der Waals surface area contributed by atoms with Crippen LogP contribution >= 0.6 is 15.9 Å². The fourth-order valence-electron chi connectivity index (χ4n) is 1.07. The molecule has 0 aliphatic heterocycles. The van der Waals surface area contributed by atoms with Gasteiger partial charge in [0.2, 0.25) is 0 Å². The van der Waals surface area contributed by atoms with Crippen LogP contribution in [0.25, 0.3) is 0 Å². The van der Waals surface area contributed by atoms with E-state index < -0.39 is 0 Å². The maximum atomic E-state index is 3.67. The zero-order valence-corrected chi connectivity index (χ0v) is 8.78. The van der Waals surface area contributed by atoms with Crippen LogP contribution in [0.5, 0.6) is 0 Å². The van der Waals surface area contributed by atoms with E-state index >= 15 is 0 Å². The summed E-state index contributed by atoms with van der Waals surface area (Å²) in [4.78, 5) is 0.782. The highest BCUT2D eigenvalue weighted by Crippen LogP contribution is 2.15. The standard InChI is InChI=1S/C9H19Br/c1-3-5-6-8-9(10)7-4-2/h9H,3-8H2,1-2H3. The molecule has 1 atom stereocenters. The summed E-state index contributed by atoms with van der Waals surface area (Å²) >= 11 is 3.67. The Bertz CT molecular complexity index is 61.7. The number of halogens is 1. The lowest BCUT2D eigenvalue weighted by atomic mass is 10.1. The summed E-state index contributed by atoms with van der Waals surface area (Å²) in [5.41, 5.74) is 0. The van der Waals surface area contributed by atoms with Gasteiger partial charge in [0.25, 0.3) is 0 Å². The van der Waals surface area contributed by atoms with Crippen LogP contribution in [0, 0.1) is 0 Å². The maximum absolute atomic E-state index is 3.67. The number of hydrogen-bond acceptors (Lipinski definition) is 0. The summed E-state index contributed by atoms with van der Waals surface area (Å²) in [5, 5.41) is 0. The summed E-state index contributed by atoms with van der Waals surface area (Å²) in [6.45, 7) is 4.50. The molecule has 0 aromatic rings. The highest BCUT2D eigenvalue weighted by atomic mass is 79.9. The Balaban J connectivity index is 2.97. The molecule has 0 radical (unpaired) electrons. The second-order valence-corrected chi connectivity index (χ2v) is 4.18. The Kier molecular flexibility index (Phi) is 7.95.